The van der Waals surface area contributed by atoms with Crippen LogP contribution >= 0.6 is 0 Å². The Morgan fingerprint density at radius 1 is 1.00 bits per heavy atom. The fraction of sp³-hybridized carbons (Fsp3) is 0. The molecular formula is C18H12N6O3. The normalized spacial score (nSPS) is 10.5. The zero-order valence-electron chi connectivity index (χ0n) is 13.8. The SMILES string of the molecule is O=[N+]([O-])c1c(Nc2cccnc2)ncnc1Oc1cccc2cccnc12. The van der Waals surface area contributed by atoms with E-state index in [1.165, 1.54) is 12.5 Å². The lowest BCUT2D eigenvalue weighted by Gasteiger charge is -2.10. The molecule has 0 unspecified atom stereocenters. The third kappa shape index (κ3) is 3.33. The molecule has 4 aromatic rings. The maximum absolute atomic E-state index is 11.7. The minimum Gasteiger partial charge on any atom is -0.431 e. The number of para-hydroxylation sites is 1. The molecule has 27 heavy (non-hydrogen) atoms. The van der Waals surface area contributed by atoms with Crippen molar-refractivity contribution < 1.29 is 9.66 Å². The highest BCUT2D eigenvalue weighted by molar-refractivity contribution is 5.84. The number of ether oxygens (including phenoxy) is 1. The lowest BCUT2D eigenvalue weighted by molar-refractivity contribution is -0.385. The molecule has 0 spiro atoms. The number of fused-ring (bicyclic) bond motifs is 1. The van der Waals surface area contributed by atoms with Crippen molar-refractivity contribution in [1.29, 1.82) is 0 Å². The minimum absolute atomic E-state index is 0.00574. The standard InChI is InChI=1S/C18H12N6O3/c25-24(26)16-17(23-13-6-3-8-19-10-13)21-11-22-18(16)27-14-7-1-4-12-5-2-9-20-15(12)14/h1-11H,(H,21,22,23). The smallest absolute Gasteiger partial charge is 0.373 e. The predicted molar refractivity (Wildman–Crippen MR) is 98.0 cm³/mol. The highest BCUT2D eigenvalue weighted by atomic mass is 16.6. The summed E-state index contributed by atoms with van der Waals surface area (Å²) in [6, 6.07) is 12.4. The van der Waals surface area contributed by atoms with Crippen LogP contribution in [0.25, 0.3) is 10.9 Å². The van der Waals surface area contributed by atoms with Gasteiger partial charge in [-0.15, -0.1) is 0 Å². The number of nitrogens with zero attached hydrogens (tertiary/aromatic N) is 5. The summed E-state index contributed by atoms with van der Waals surface area (Å²) in [4.78, 5) is 27.2. The van der Waals surface area contributed by atoms with E-state index in [0.29, 0.717) is 17.0 Å². The molecule has 0 aliphatic carbocycles. The van der Waals surface area contributed by atoms with Gasteiger partial charge < -0.3 is 10.1 Å². The molecule has 0 atom stereocenters. The number of hydrogen-bond donors (Lipinski definition) is 1. The van der Waals surface area contributed by atoms with E-state index in [1.807, 2.05) is 12.1 Å². The van der Waals surface area contributed by atoms with E-state index in [4.69, 9.17) is 4.74 Å². The fourth-order valence-electron chi connectivity index (χ4n) is 2.53. The Kier molecular flexibility index (Phi) is 4.24. The van der Waals surface area contributed by atoms with Gasteiger partial charge in [-0.25, -0.2) is 4.98 Å². The van der Waals surface area contributed by atoms with Gasteiger partial charge in [0.2, 0.25) is 5.82 Å². The number of benzene rings is 1. The lowest BCUT2D eigenvalue weighted by atomic mass is 10.2. The summed E-state index contributed by atoms with van der Waals surface area (Å²) in [6.45, 7) is 0. The van der Waals surface area contributed by atoms with Crippen LogP contribution in [0.3, 0.4) is 0 Å². The molecule has 3 heterocycles. The summed E-state index contributed by atoms with van der Waals surface area (Å²) in [5.74, 6) is 0.188. The van der Waals surface area contributed by atoms with Crippen molar-refractivity contribution in [3.05, 3.63) is 77.5 Å². The van der Waals surface area contributed by atoms with Crippen LogP contribution in [0.4, 0.5) is 17.2 Å². The van der Waals surface area contributed by atoms with Gasteiger partial charge in [0, 0.05) is 17.8 Å². The topological polar surface area (TPSA) is 116 Å². The van der Waals surface area contributed by atoms with Crippen LogP contribution in [0.15, 0.2) is 67.4 Å². The molecule has 9 heteroatoms. The second kappa shape index (κ2) is 7.00. The van der Waals surface area contributed by atoms with Crippen LogP contribution in [0.5, 0.6) is 11.6 Å². The van der Waals surface area contributed by atoms with Crippen molar-refractivity contribution in [3.63, 3.8) is 0 Å². The summed E-state index contributed by atoms with van der Waals surface area (Å²) in [7, 11) is 0. The van der Waals surface area contributed by atoms with Crippen LogP contribution in [-0.4, -0.2) is 24.9 Å². The Balaban J connectivity index is 1.76. The molecule has 0 amide bonds. The molecule has 0 aliphatic heterocycles. The molecule has 0 radical (unpaired) electrons. The molecule has 0 saturated carbocycles. The molecule has 9 nitrogen and oxygen atoms in total. The van der Waals surface area contributed by atoms with Crippen LogP contribution in [0, 0.1) is 10.1 Å². The Hall–Kier alpha value is -4.14. The Morgan fingerprint density at radius 2 is 1.85 bits per heavy atom. The van der Waals surface area contributed by atoms with Gasteiger partial charge in [0.05, 0.1) is 16.8 Å². The largest absolute Gasteiger partial charge is 0.431 e. The van der Waals surface area contributed by atoms with Gasteiger partial charge in [-0.2, -0.15) is 4.98 Å². The van der Waals surface area contributed by atoms with Gasteiger partial charge in [0.25, 0.3) is 0 Å². The van der Waals surface area contributed by atoms with Crippen molar-refractivity contribution in [1.82, 2.24) is 19.9 Å². The minimum atomic E-state index is -0.591. The maximum atomic E-state index is 11.7. The molecule has 0 aliphatic rings. The summed E-state index contributed by atoms with van der Waals surface area (Å²) in [6.07, 6.45) is 5.95. The number of nitrogens with one attached hydrogen (secondary N) is 1. The van der Waals surface area contributed by atoms with E-state index in [2.05, 4.69) is 25.3 Å². The van der Waals surface area contributed by atoms with Crippen LogP contribution in [0.1, 0.15) is 0 Å². The maximum Gasteiger partial charge on any atom is 0.373 e. The number of hydrogen-bond acceptors (Lipinski definition) is 8. The van der Waals surface area contributed by atoms with Crippen LogP contribution in [-0.2, 0) is 0 Å². The van der Waals surface area contributed by atoms with Gasteiger partial charge in [-0.1, -0.05) is 18.2 Å². The third-order valence-electron chi connectivity index (χ3n) is 3.70. The summed E-state index contributed by atoms with van der Waals surface area (Å²) < 4.78 is 5.75. The first-order valence-corrected chi connectivity index (χ1v) is 7.90. The van der Waals surface area contributed by atoms with E-state index in [0.717, 1.165) is 5.39 Å². The second-order valence-corrected chi connectivity index (χ2v) is 5.43. The zero-order valence-corrected chi connectivity index (χ0v) is 13.8. The monoisotopic (exact) mass is 360 g/mol. The number of pyridine rings is 2. The summed E-state index contributed by atoms with van der Waals surface area (Å²) in [5.41, 5.74) is 0.751. The number of nitro groups is 1. The molecule has 4 rings (SSSR count). The molecule has 0 bridgehead atoms. The van der Waals surface area contributed by atoms with E-state index in [-0.39, 0.29) is 17.4 Å². The number of rotatable bonds is 5. The zero-order chi connectivity index (χ0) is 18.6. The first-order chi connectivity index (χ1) is 13.2. The first-order valence-electron chi connectivity index (χ1n) is 7.90. The summed E-state index contributed by atoms with van der Waals surface area (Å²) >= 11 is 0. The van der Waals surface area contributed by atoms with Gasteiger partial charge >= 0.3 is 11.6 Å². The van der Waals surface area contributed by atoms with Gasteiger partial charge in [0.1, 0.15) is 11.8 Å². The van der Waals surface area contributed by atoms with E-state index < -0.39 is 4.92 Å². The predicted octanol–water partition coefficient (Wildman–Crippen LogP) is 3.86. The van der Waals surface area contributed by atoms with Crippen LogP contribution in [0.2, 0.25) is 0 Å². The fourth-order valence-corrected chi connectivity index (χ4v) is 2.53. The summed E-state index contributed by atoms with van der Waals surface area (Å²) in [5, 5.41) is 15.4. The third-order valence-corrected chi connectivity index (χ3v) is 3.70. The molecule has 1 aromatic carbocycles. The number of anilines is 2. The highest BCUT2D eigenvalue weighted by Crippen LogP contribution is 2.36. The Labute approximate surface area is 152 Å². The molecule has 0 fully saturated rings. The lowest BCUT2D eigenvalue weighted by Crippen LogP contribution is -2.04. The van der Waals surface area contributed by atoms with Crippen LogP contribution < -0.4 is 10.1 Å². The molecule has 0 saturated heterocycles. The van der Waals surface area contributed by atoms with Crippen molar-refractivity contribution in [2.75, 3.05) is 5.32 Å². The highest BCUT2D eigenvalue weighted by Gasteiger charge is 2.25. The van der Waals surface area contributed by atoms with Crippen molar-refractivity contribution in [2.45, 2.75) is 0 Å². The van der Waals surface area contributed by atoms with E-state index in [1.54, 1.807) is 42.7 Å². The first kappa shape index (κ1) is 16.3. The quantitative estimate of drug-likeness (QED) is 0.421. The molecule has 132 valence electrons. The Bertz CT molecular complexity index is 1120. The van der Waals surface area contributed by atoms with Gasteiger partial charge in [-0.05, 0) is 24.3 Å². The van der Waals surface area contributed by atoms with Gasteiger partial charge in [0.15, 0.2) is 5.75 Å². The second-order valence-electron chi connectivity index (χ2n) is 5.43. The van der Waals surface area contributed by atoms with Crippen molar-refractivity contribution in [2.24, 2.45) is 0 Å². The van der Waals surface area contributed by atoms with E-state index >= 15 is 0 Å². The van der Waals surface area contributed by atoms with Gasteiger partial charge in [-0.3, -0.25) is 20.1 Å². The van der Waals surface area contributed by atoms with Crippen molar-refractivity contribution >= 4 is 28.1 Å². The van der Waals surface area contributed by atoms with E-state index in [9.17, 15) is 10.1 Å². The average Bonchev–Trinajstić information content (AvgIpc) is 2.69. The molecule has 3 aromatic heterocycles. The average molecular weight is 360 g/mol. The van der Waals surface area contributed by atoms with Crippen molar-refractivity contribution in [3.8, 4) is 11.6 Å². The molecular weight excluding hydrogens is 348 g/mol. The number of aromatic nitrogens is 4. The Morgan fingerprint density at radius 3 is 2.67 bits per heavy atom. The molecule has 1 N–H and O–H groups in total.